The van der Waals surface area contributed by atoms with Gasteiger partial charge in [0.25, 0.3) is 5.95 Å². The molecule has 0 spiro atoms. The Bertz CT molecular complexity index is 535. The van der Waals surface area contributed by atoms with E-state index in [1.165, 1.54) is 30.7 Å². The molecule has 0 saturated heterocycles. The van der Waals surface area contributed by atoms with E-state index in [0.29, 0.717) is 0 Å². The maximum atomic E-state index is 13.1. The zero-order chi connectivity index (χ0) is 11.4. The molecule has 16 heavy (non-hydrogen) atoms. The van der Waals surface area contributed by atoms with Crippen LogP contribution in [0.4, 0.5) is 4.39 Å². The molecule has 2 aromatic rings. The summed E-state index contributed by atoms with van der Waals surface area (Å²) < 4.78 is 18.2. The number of halogens is 1. The van der Waals surface area contributed by atoms with E-state index >= 15 is 0 Å². The Kier molecular flexibility index (Phi) is 2.69. The van der Waals surface area contributed by atoms with Gasteiger partial charge in [-0.3, -0.25) is 0 Å². The van der Waals surface area contributed by atoms with Gasteiger partial charge in [0.15, 0.2) is 11.4 Å². The molecular weight excluding hydrogens is 211 g/mol. The van der Waals surface area contributed by atoms with Gasteiger partial charge < -0.3 is 4.74 Å². The number of rotatable bonds is 2. The molecule has 0 unspecified atom stereocenters. The van der Waals surface area contributed by atoms with Crippen LogP contribution in [0, 0.1) is 17.3 Å². The maximum absolute atomic E-state index is 13.1. The molecule has 0 N–H and O–H groups in total. The summed E-state index contributed by atoms with van der Waals surface area (Å²) in [6, 6.07) is 4.77. The molecule has 0 bridgehead atoms. The van der Waals surface area contributed by atoms with E-state index in [2.05, 4.69) is 15.0 Å². The van der Waals surface area contributed by atoms with Gasteiger partial charge in [-0.25, -0.2) is 15.0 Å². The second-order valence-corrected chi connectivity index (χ2v) is 2.75. The Morgan fingerprint density at radius 2 is 2.12 bits per heavy atom. The summed E-state index contributed by atoms with van der Waals surface area (Å²) in [5, 5.41) is 8.50. The Morgan fingerprint density at radius 3 is 2.75 bits per heavy atom. The Balaban J connectivity index is 2.22. The monoisotopic (exact) mass is 216 g/mol. The van der Waals surface area contributed by atoms with Crippen molar-refractivity contribution < 1.29 is 9.13 Å². The molecule has 0 fully saturated rings. The summed E-state index contributed by atoms with van der Waals surface area (Å²) in [5.74, 6) is -0.666. The van der Waals surface area contributed by atoms with Crippen LogP contribution in [0.5, 0.6) is 11.6 Å². The SMILES string of the molecule is N#Cc1cnc(Oc2cccnc2F)cn1. The van der Waals surface area contributed by atoms with E-state index in [1.807, 2.05) is 6.07 Å². The van der Waals surface area contributed by atoms with E-state index in [1.54, 1.807) is 0 Å². The topological polar surface area (TPSA) is 71.7 Å². The third-order valence-corrected chi connectivity index (χ3v) is 1.68. The Morgan fingerprint density at radius 1 is 1.25 bits per heavy atom. The van der Waals surface area contributed by atoms with Gasteiger partial charge in [0, 0.05) is 6.20 Å². The van der Waals surface area contributed by atoms with Crippen LogP contribution in [0.2, 0.25) is 0 Å². The zero-order valence-electron chi connectivity index (χ0n) is 7.96. The van der Waals surface area contributed by atoms with Crippen LogP contribution in [0.1, 0.15) is 5.69 Å². The molecule has 0 atom stereocenters. The predicted octanol–water partition coefficient (Wildman–Crippen LogP) is 1.67. The van der Waals surface area contributed by atoms with Crippen molar-refractivity contribution in [2.24, 2.45) is 0 Å². The van der Waals surface area contributed by atoms with Crippen LogP contribution in [0.3, 0.4) is 0 Å². The summed E-state index contributed by atoms with van der Waals surface area (Å²) in [5.41, 5.74) is 0.166. The van der Waals surface area contributed by atoms with Crippen LogP contribution < -0.4 is 4.74 Å². The lowest BCUT2D eigenvalue weighted by atomic mass is 10.4. The van der Waals surface area contributed by atoms with Crippen molar-refractivity contribution in [3.05, 3.63) is 42.4 Å². The molecule has 0 amide bonds. The van der Waals surface area contributed by atoms with Crippen molar-refractivity contribution in [3.8, 4) is 17.7 Å². The first-order valence-electron chi connectivity index (χ1n) is 4.30. The summed E-state index contributed by atoms with van der Waals surface area (Å²) in [6.45, 7) is 0. The van der Waals surface area contributed by atoms with Crippen molar-refractivity contribution in [3.63, 3.8) is 0 Å². The standard InChI is InChI=1S/C10H5FN4O/c11-10-8(2-1-3-13-10)16-9-6-14-7(4-12)5-15-9/h1-3,5-6H. The first kappa shape index (κ1) is 9.98. The summed E-state index contributed by atoms with van der Waals surface area (Å²) >= 11 is 0. The third-order valence-electron chi connectivity index (χ3n) is 1.68. The summed E-state index contributed by atoms with van der Waals surface area (Å²) in [6.07, 6.45) is 3.79. The highest BCUT2D eigenvalue weighted by Crippen LogP contribution is 2.19. The second kappa shape index (κ2) is 4.31. The van der Waals surface area contributed by atoms with E-state index in [4.69, 9.17) is 10.00 Å². The fourth-order valence-corrected chi connectivity index (χ4v) is 0.987. The predicted molar refractivity (Wildman–Crippen MR) is 51.0 cm³/mol. The van der Waals surface area contributed by atoms with Crippen molar-refractivity contribution in [1.82, 2.24) is 15.0 Å². The van der Waals surface area contributed by atoms with Crippen molar-refractivity contribution in [2.75, 3.05) is 0 Å². The zero-order valence-corrected chi connectivity index (χ0v) is 7.96. The van der Waals surface area contributed by atoms with Crippen LogP contribution in [-0.2, 0) is 0 Å². The molecule has 0 aliphatic rings. The minimum absolute atomic E-state index is 0.0403. The molecule has 6 heteroatoms. The Labute approximate surface area is 90.2 Å². The first-order chi connectivity index (χ1) is 7.79. The molecule has 2 rings (SSSR count). The molecule has 78 valence electrons. The maximum Gasteiger partial charge on any atom is 0.255 e. The number of pyridine rings is 1. The van der Waals surface area contributed by atoms with Crippen molar-refractivity contribution in [1.29, 1.82) is 5.26 Å². The number of hydrogen-bond donors (Lipinski definition) is 0. The van der Waals surface area contributed by atoms with Crippen molar-refractivity contribution in [2.45, 2.75) is 0 Å². The van der Waals surface area contributed by atoms with E-state index in [0.717, 1.165) is 0 Å². The highest BCUT2D eigenvalue weighted by atomic mass is 19.1. The molecule has 2 heterocycles. The van der Waals surface area contributed by atoms with Gasteiger partial charge in [0.05, 0.1) is 12.4 Å². The van der Waals surface area contributed by atoms with E-state index < -0.39 is 5.95 Å². The smallest absolute Gasteiger partial charge is 0.255 e. The fourth-order valence-electron chi connectivity index (χ4n) is 0.987. The first-order valence-corrected chi connectivity index (χ1v) is 4.30. The molecule has 0 aliphatic carbocycles. The van der Waals surface area contributed by atoms with Crippen LogP contribution in [0.25, 0.3) is 0 Å². The van der Waals surface area contributed by atoms with Gasteiger partial charge in [0.2, 0.25) is 5.88 Å². The lowest BCUT2D eigenvalue weighted by Gasteiger charge is -2.03. The van der Waals surface area contributed by atoms with Crippen LogP contribution >= 0.6 is 0 Å². The summed E-state index contributed by atoms with van der Waals surface area (Å²) in [7, 11) is 0. The van der Waals surface area contributed by atoms with Gasteiger partial charge in [-0.2, -0.15) is 9.65 Å². The number of ether oxygens (including phenoxy) is 1. The molecule has 0 aliphatic heterocycles. The number of nitriles is 1. The van der Waals surface area contributed by atoms with Gasteiger partial charge >= 0.3 is 0 Å². The number of nitrogens with zero attached hydrogens (tertiary/aromatic N) is 4. The highest BCUT2D eigenvalue weighted by Gasteiger charge is 2.05. The Hall–Kier alpha value is -2.55. The fraction of sp³-hybridized carbons (Fsp3) is 0. The van der Waals surface area contributed by atoms with Gasteiger partial charge in [-0.1, -0.05) is 0 Å². The van der Waals surface area contributed by atoms with E-state index in [-0.39, 0.29) is 17.3 Å². The molecular formula is C10H5FN4O. The lowest BCUT2D eigenvalue weighted by Crippen LogP contribution is -1.94. The molecule has 2 aromatic heterocycles. The van der Waals surface area contributed by atoms with Gasteiger partial charge in [-0.05, 0) is 12.1 Å². The average molecular weight is 216 g/mol. The largest absolute Gasteiger partial charge is 0.433 e. The molecule has 5 nitrogen and oxygen atoms in total. The van der Waals surface area contributed by atoms with Crippen LogP contribution in [0.15, 0.2) is 30.7 Å². The lowest BCUT2D eigenvalue weighted by molar-refractivity contribution is 0.414. The van der Waals surface area contributed by atoms with Gasteiger partial charge in [0.1, 0.15) is 6.07 Å². The molecule has 0 saturated carbocycles. The normalized spacial score (nSPS) is 9.50. The van der Waals surface area contributed by atoms with Crippen molar-refractivity contribution >= 4 is 0 Å². The number of hydrogen-bond acceptors (Lipinski definition) is 5. The minimum atomic E-state index is -0.728. The minimum Gasteiger partial charge on any atom is -0.433 e. The molecule has 0 radical (unpaired) electrons. The molecule has 0 aromatic carbocycles. The summed E-state index contributed by atoms with van der Waals surface area (Å²) in [4.78, 5) is 10.9. The quantitative estimate of drug-likeness (QED) is 0.714. The van der Waals surface area contributed by atoms with E-state index in [9.17, 15) is 4.39 Å². The second-order valence-electron chi connectivity index (χ2n) is 2.75. The average Bonchev–Trinajstić information content (AvgIpc) is 2.33. The van der Waals surface area contributed by atoms with Crippen LogP contribution in [-0.4, -0.2) is 15.0 Å². The third kappa shape index (κ3) is 2.09. The highest BCUT2D eigenvalue weighted by molar-refractivity contribution is 5.25. The van der Waals surface area contributed by atoms with Gasteiger partial charge in [-0.15, -0.1) is 0 Å². The number of aromatic nitrogens is 3.